The van der Waals surface area contributed by atoms with E-state index in [9.17, 15) is 0 Å². The topological polar surface area (TPSA) is 15.3 Å². The van der Waals surface area contributed by atoms with Gasteiger partial charge in [0.2, 0.25) is 0 Å². The summed E-state index contributed by atoms with van der Waals surface area (Å²) in [6.07, 6.45) is 0. The molecule has 0 saturated carbocycles. The van der Waals surface area contributed by atoms with E-state index in [1.54, 1.807) is 0 Å². The molecular weight excluding hydrogens is 124 g/mol. The molecule has 10 heavy (non-hydrogen) atoms. The Labute approximate surface area is 62.9 Å². The zero-order valence-corrected chi connectivity index (χ0v) is 6.85. The van der Waals surface area contributed by atoms with Crippen LogP contribution < -0.4 is 5.32 Å². The molecule has 0 radical (unpaired) electrons. The van der Waals surface area contributed by atoms with Crippen molar-refractivity contribution in [1.29, 1.82) is 0 Å². The standard InChI is InChI=1S/C8H16N2/c1-7(2)8-6-9-4-5-10(8)3/h8-9H,1,4-6H2,2-3H3. The van der Waals surface area contributed by atoms with Crippen molar-refractivity contribution in [3.63, 3.8) is 0 Å². The predicted octanol–water partition coefficient (Wildman–Crippen LogP) is 0.466. The van der Waals surface area contributed by atoms with E-state index in [0.29, 0.717) is 6.04 Å². The van der Waals surface area contributed by atoms with E-state index in [4.69, 9.17) is 0 Å². The van der Waals surface area contributed by atoms with Crippen LogP contribution in [0.1, 0.15) is 6.92 Å². The molecule has 0 spiro atoms. The molecule has 2 nitrogen and oxygen atoms in total. The first-order chi connectivity index (χ1) is 4.72. The Morgan fingerprint density at radius 2 is 2.40 bits per heavy atom. The Morgan fingerprint density at radius 1 is 1.70 bits per heavy atom. The molecule has 0 aromatic carbocycles. The number of likely N-dealkylation sites (N-methyl/N-ethyl adjacent to an activating group) is 1. The van der Waals surface area contributed by atoms with Gasteiger partial charge in [-0.3, -0.25) is 4.90 Å². The zero-order valence-electron chi connectivity index (χ0n) is 6.85. The maximum absolute atomic E-state index is 3.95. The van der Waals surface area contributed by atoms with Crippen LogP contribution in [0.25, 0.3) is 0 Å². The van der Waals surface area contributed by atoms with Crippen LogP contribution in [0.15, 0.2) is 12.2 Å². The lowest BCUT2D eigenvalue weighted by molar-refractivity contribution is 0.227. The highest BCUT2D eigenvalue weighted by Crippen LogP contribution is 2.07. The molecule has 0 amide bonds. The fourth-order valence-corrected chi connectivity index (χ4v) is 1.36. The van der Waals surface area contributed by atoms with Gasteiger partial charge in [-0.05, 0) is 14.0 Å². The third-order valence-corrected chi connectivity index (χ3v) is 2.08. The van der Waals surface area contributed by atoms with Crippen molar-refractivity contribution in [2.75, 3.05) is 26.7 Å². The fourth-order valence-electron chi connectivity index (χ4n) is 1.36. The molecule has 1 fully saturated rings. The predicted molar refractivity (Wildman–Crippen MR) is 44.1 cm³/mol. The van der Waals surface area contributed by atoms with Crippen molar-refractivity contribution >= 4 is 0 Å². The van der Waals surface area contributed by atoms with Crippen molar-refractivity contribution in [2.45, 2.75) is 13.0 Å². The first-order valence-electron chi connectivity index (χ1n) is 3.78. The molecule has 0 aromatic rings. The lowest BCUT2D eigenvalue weighted by Gasteiger charge is -2.33. The van der Waals surface area contributed by atoms with Crippen LogP contribution in [-0.2, 0) is 0 Å². The van der Waals surface area contributed by atoms with Crippen LogP contribution in [0.4, 0.5) is 0 Å². The first-order valence-corrected chi connectivity index (χ1v) is 3.78. The maximum atomic E-state index is 3.95. The highest BCUT2D eigenvalue weighted by atomic mass is 15.2. The molecule has 1 rings (SSSR count). The molecule has 58 valence electrons. The van der Waals surface area contributed by atoms with Crippen molar-refractivity contribution in [3.8, 4) is 0 Å². The number of rotatable bonds is 1. The number of hydrogen-bond donors (Lipinski definition) is 1. The van der Waals surface area contributed by atoms with Crippen LogP contribution in [-0.4, -0.2) is 37.6 Å². The van der Waals surface area contributed by atoms with Gasteiger partial charge >= 0.3 is 0 Å². The van der Waals surface area contributed by atoms with Gasteiger partial charge in [0, 0.05) is 25.7 Å². The van der Waals surface area contributed by atoms with Crippen LogP contribution in [0.3, 0.4) is 0 Å². The van der Waals surface area contributed by atoms with Gasteiger partial charge in [-0.2, -0.15) is 0 Å². The molecule has 1 unspecified atom stereocenters. The SMILES string of the molecule is C=C(C)C1CNCCN1C. The highest BCUT2D eigenvalue weighted by Gasteiger charge is 2.17. The molecule has 0 aromatic heterocycles. The molecule has 0 bridgehead atoms. The largest absolute Gasteiger partial charge is 0.314 e. The van der Waals surface area contributed by atoms with Gasteiger partial charge in [0.25, 0.3) is 0 Å². The van der Waals surface area contributed by atoms with Gasteiger partial charge in [0.05, 0.1) is 0 Å². The Balaban J connectivity index is 2.47. The second-order valence-electron chi connectivity index (χ2n) is 3.05. The molecular formula is C8H16N2. The average Bonchev–Trinajstić information content (AvgIpc) is 1.88. The minimum Gasteiger partial charge on any atom is -0.314 e. The quantitative estimate of drug-likeness (QED) is 0.532. The Hall–Kier alpha value is -0.340. The summed E-state index contributed by atoms with van der Waals surface area (Å²) in [5.74, 6) is 0. The molecule has 1 aliphatic heterocycles. The Bertz CT molecular complexity index is 131. The van der Waals surface area contributed by atoms with Crippen LogP contribution in [0.5, 0.6) is 0 Å². The summed E-state index contributed by atoms with van der Waals surface area (Å²) < 4.78 is 0. The molecule has 1 saturated heterocycles. The van der Waals surface area contributed by atoms with Gasteiger partial charge in [-0.15, -0.1) is 0 Å². The average molecular weight is 140 g/mol. The lowest BCUT2D eigenvalue weighted by Crippen LogP contribution is -2.49. The van der Waals surface area contributed by atoms with E-state index in [1.165, 1.54) is 5.57 Å². The van der Waals surface area contributed by atoms with E-state index in [-0.39, 0.29) is 0 Å². The van der Waals surface area contributed by atoms with Crippen LogP contribution in [0.2, 0.25) is 0 Å². The van der Waals surface area contributed by atoms with E-state index in [1.807, 2.05) is 0 Å². The molecule has 0 aliphatic carbocycles. The maximum Gasteiger partial charge on any atom is 0.0424 e. The minimum absolute atomic E-state index is 0.550. The first kappa shape index (κ1) is 7.76. The van der Waals surface area contributed by atoms with Crippen molar-refractivity contribution < 1.29 is 0 Å². The van der Waals surface area contributed by atoms with Crippen LogP contribution in [0, 0.1) is 0 Å². The summed E-state index contributed by atoms with van der Waals surface area (Å²) in [5, 5.41) is 3.34. The normalized spacial score (nSPS) is 28.4. The van der Waals surface area contributed by atoms with Gasteiger partial charge in [0.1, 0.15) is 0 Å². The van der Waals surface area contributed by atoms with E-state index >= 15 is 0 Å². The highest BCUT2D eigenvalue weighted by molar-refractivity contribution is 5.04. The molecule has 1 heterocycles. The van der Waals surface area contributed by atoms with Gasteiger partial charge < -0.3 is 5.32 Å². The number of nitrogens with one attached hydrogen (secondary N) is 1. The van der Waals surface area contributed by atoms with Crippen molar-refractivity contribution in [3.05, 3.63) is 12.2 Å². The van der Waals surface area contributed by atoms with E-state index in [0.717, 1.165) is 19.6 Å². The van der Waals surface area contributed by atoms with E-state index in [2.05, 4.69) is 30.8 Å². The van der Waals surface area contributed by atoms with Crippen molar-refractivity contribution in [2.24, 2.45) is 0 Å². The summed E-state index contributed by atoms with van der Waals surface area (Å²) in [6.45, 7) is 9.35. The fraction of sp³-hybridized carbons (Fsp3) is 0.750. The van der Waals surface area contributed by atoms with Gasteiger partial charge in [-0.25, -0.2) is 0 Å². The van der Waals surface area contributed by atoms with E-state index < -0.39 is 0 Å². The molecule has 1 N–H and O–H groups in total. The van der Waals surface area contributed by atoms with Gasteiger partial charge in [-0.1, -0.05) is 12.2 Å². The number of nitrogens with zero attached hydrogens (tertiary/aromatic N) is 1. The third-order valence-electron chi connectivity index (χ3n) is 2.08. The smallest absolute Gasteiger partial charge is 0.0424 e. The minimum atomic E-state index is 0.550. The van der Waals surface area contributed by atoms with Gasteiger partial charge in [0.15, 0.2) is 0 Å². The summed E-state index contributed by atoms with van der Waals surface area (Å²) in [6, 6.07) is 0.550. The zero-order chi connectivity index (χ0) is 7.56. The summed E-state index contributed by atoms with van der Waals surface area (Å²) in [4.78, 5) is 2.35. The summed E-state index contributed by atoms with van der Waals surface area (Å²) in [5.41, 5.74) is 1.26. The van der Waals surface area contributed by atoms with Crippen LogP contribution >= 0.6 is 0 Å². The Kier molecular flexibility index (Phi) is 2.46. The molecule has 2 heteroatoms. The number of piperazine rings is 1. The summed E-state index contributed by atoms with van der Waals surface area (Å²) >= 11 is 0. The Morgan fingerprint density at radius 3 is 2.80 bits per heavy atom. The summed E-state index contributed by atoms with van der Waals surface area (Å²) in [7, 11) is 2.15. The molecule has 1 atom stereocenters. The third kappa shape index (κ3) is 1.58. The van der Waals surface area contributed by atoms with Crippen molar-refractivity contribution in [1.82, 2.24) is 10.2 Å². The number of hydrogen-bond acceptors (Lipinski definition) is 2. The molecule has 1 aliphatic rings. The monoisotopic (exact) mass is 140 g/mol. The second-order valence-corrected chi connectivity index (χ2v) is 3.05. The second kappa shape index (κ2) is 3.17. The lowest BCUT2D eigenvalue weighted by atomic mass is 10.1.